The van der Waals surface area contributed by atoms with Gasteiger partial charge in [0.15, 0.2) is 0 Å². The first-order valence-electron chi connectivity index (χ1n) is 8.93. The number of hydrogen-bond acceptors (Lipinski definition) is 3. The fourth-order valence-corrected chi connectivity index (χ4v) is 3.24. The highest BCUT2D eigenvalue weighted by atomic mass is 15.0. The Kier molecular flexibility index (Phi) is 5.27. The van der Waals surface area contributed by atoms with E-state index in [0.717, 1.165) is 23.5 Å². The Balaban J connectivity index is 1.89. The average Bonchev–Trinajstić information content (AvgIpc) is 3.10. The molecule has 0 spiro atoms. The molecule has 1 saturated carbocycles. The van der Waals surface area contributed by atoms with Crippen LogP contribution in [0.4, 0.5) is 5.82 Å². The molecule has 1 aliphatic rings. The minimum atomic E-state index is 0.585. The van der Waals surface area contributed by atoms with Crippen LogP contribution in [0.5, 0.6) is 0 Å². The van der Waals surface area contributed by atoms with Gasteiger partial charge in [0.1, 0.15) is 5.82 Å². The van der Waals surface area contributed by atoms with Crippen LogP contribution in [0.2, 0.25) is 0 Å². The van der Waals surface area contributed by atoms with E-state index in [-0.39, 0.29) is 0 Å². The lowest BCUT2D eigenvalue weighted by atomic mass is 9.98. The van der Waals surface area contributed by atoms with Crippen LogP contribution in [0.1, 0.15) is 51.5 Å². The number of rotatable bonds is 6. The predicted molar refractivity (Wildman–Crippen MR) is 96.5 cm³/mol. The Morgan fingerprint density at radius 3 is 2.74 bits per heavy atom. The summed E-state index contributed by atoms with van der Waals surface area (Å²) in [6.45, 7) is 4.57. The van der Waals surface area contributed by atoms with Gasteiger partial charge in [-0.3, -0.25) is 4.98 Å². The zero-order valence-corrected chi connectivity index (χ0v) is 14.3. The molecule has 0 bridgehead atoms. The van der Waals surface area contributed by atoms with Crippen molar-refractivity contribution in [3.05, 3.63) is 42.2 Å². The molecule has 1 atom stereocenters. The van der Waals surface area contributed by atoms with Crippen molar-refractivity contribution in [1.29, 1.82) is 0 Å². The summed E-state index contributed by atoms with van der Waals surface area (Å²) in [5, 5.41) is 3.72. The van der Waals surface area contributed by atoms with Crippen molar-refractivity contribution in [1.82, 2.24) is 9.97 Å². The van der Waals surface area contributed by atoms with Gasteiger partial charge in [-0.2, -0.15) is 0 Å². The van der Waals surface area contributed by atoms with Crippen molar-refractivity contribution >= 4 is 5.82 Å². The maximum atomic E-state index is 4.94. The maximum Gasteiger partial charge on any atom is 0.130 e. The zero-order chi connectivity index (χ0) is 16.1. The van der Waals surface area contributed by atoms with E-state index in [9.17, 15) is 0 Å². The highest BCUT2D eigenvalue weighted by Crippen LogP contribution is 2.27. The third-order valence-corrected chi connectivity index (χ3v) is 4.90. The Morgan fingerprint density at radius 1 is 1.22 bits per heavy atom. The molecule has 3 rings (SSSR count). The van der Waals surface area contributed by atoms with Gasteiger partial charge in [0.2, 0.25) is 0 Å². The third kappa shape index (κ3) is 4.10. The molecule has 3 nitrogen and oxygen atoms in total. The van der Waals surface area contributed by atoms with Crippen LogP contribution in [0.3, 0.4) is 0 Å². The molecule has 2 aromatic heterocycles. The first-order valence-corrected chi connectivity index (χ1v) is 8.93. The van der Waals surface area contributed by atoms with E-state index in [2.05, 4.69) is 42.3 Å². The molecule has 2 heterocycles. The van der Waals surface area contributed by atoms with Crippen LogP contribution in [0.15, 0.2) is 36.7 Å². The number of pyridine rings is 2. The molecule has 1 N–H and O–H groups in total. The van der Waals surface area contributed by atoms with E-state index >= 15 is 0 Å². The van der Waals surface area contributed by atoms with E-state index in [1.165, 1.54) is 37.7 Å². The molecule has 1 unspecified atom stereocenters. The first kappa shape index (κ1) is 16.0. The van der Waals surface area contributed by atoms with E-state index in [1.54, 1.807) is 6.20 Å². The third-order valence-electron chi connectivity index (χ3n) is 4.90. The van der Waals surface area contributed by atoms with Crippen molar-refractivity contribution in [3.8, 4) is 11.3 Å². The quantitative estimate of drug-likeness (QED) is 0.808. The van der Waals surface area contributed by atoms with Crippen LogP contribution in [-0.4, -0.2) is 16.0 Å². The summed E-state index contributed by atoms with van der Waals surface area (Å²) in [5.41, 5.74) is 3.43. The summed E-state index contributed by atoms with van der Waals surface area (Å²) in [5.74, 6) is 1.77. The lowest BCUT2D eigenvalue weighted by molar-refractivity contribution is 0.559. The van der Waals surface area contributed by atoms with Crippen LogP contribution in [0, 0.1) is 5.92 Å². The maximum absolute atomic E-state index is 4.94. The standard InChI is InChI=1S/C20H27N3/c1-3-15(2)13-16-10-11-19(17-7-6-12-21-14-17)23-20(16)22-18-8-4-5-9-18/h6-7,10-12,14-15,18H,3-5,8-9,13H2,1-2H3,(H,22,23). The Morgan fingerprint density at radius 2 is 2.04 bits per heavy atom. The van der Waals surface area contributed by atoms with Gasteiger partial charge < -0.3 is 5.32 Å². The van der Waals surface area contributed by atoms with Crippen LogP contribution < -0.4 is 5.32 Å². The zero-order valence-electron chi connectivity index (χ0n) is 14.3. The van der Waals surface area contributed by atoms with Gasteiger partial charge in [0.05, 0.1) is 5.69 Å². The monoisotopic (exact) mass is 309 g/mol. The molecule has 0 amide bonds. The molecule has 23 heavy (non-hydrogen) atoms. The van der Waals surface area contributed by atoms with E-state index in [1.807, 2.05) is 12.3 Å². The van der Waals surface area contributed by atoms with Gasteiger partial charge in [0, 0.05) is 24.0 Å². The Bertz CT molecular complexity index is 618. The van der Waals surface area contributed by atoms with Gasteiger partial charge in [-0.15, -0.1) is 0 Å². The first-order chi connectivity index (χ1) is 11.3. The van der Waals surface area contributed by atoms with Gasteiger partial charge in [-0.1, -0.05) is 39.2 Å². The molecular weight excluding hydrogens is 282 g/mol. The van der Waals surface area contributed by atoms with Crippen LogP contribution >= 0.6 is 0 Å². The number of hydrogen-bond donors (Lipinski definition) is 1. The van der Waals surface area contributed by atoms with Crippen LogP contribution in [-0.2, 0) is 6.42 Å². The molecule has 1 fully saturated rings. The fourth-order valence-electron chi connectivity index (χ4n) is 3.24. The molecule has 0 aliphatic heterocycles. The minimum absolute atomic E-state index is 0.585. The molecule has 122 valence electrons. The molecule has 0 aromatic carbocycles. The highest BCUT2D eigenvalue weighted by Gasteiger charge is 2.18. The van der Waals surface area contributed by atoms with Crippen molar-refractivity contribution in [2.75, 3.05) is 5.32 Å². The van der Waals surface area contributed by atoms with Crippen molar-refractivity contribution in [3.63, 3.8) is 0 Å². The molecule has 2 aromatic rings. The van der Waals surface area contributed by atoms with Gasteiger partial charge in [-0.05, 0) is 48.9 Å². The molecule has 1 aliphatic carbocycles. The largest absolute Gasteiger partial charge is 0.367 e. The number of nitrogens with zero attached hydrogens (tertiary/aromatic N) is 2. The lowest BCUT2D eigenvalue weighted by Gasteiger charge is -2.19. The van der Waals surface area contributed by atoms with Crippen molar-refractivity contribution in [2.45, 2.75) is 58.4 Å². The van der Waals surface area contributed by atoms with Gasteiger partial charge in [0.25, 0.3) is 0 Å². The topological polar surface area (TPSA) is 37.8 Å². The minimum Gasteiger partial charge on any atom is -0.367 e. The SMILES string of the molecule is CCC(C)Cc1ccc(-c2cccnc2)nc1NC1CCCC1. The molecule has 3 heteroatoms. The second kappa shape index (κ2) is 7.58. The summed E-state index contributed by atoms with van der Waals surface area (Å²) >= 11 is 0. The predicted octanol–water partition coefficient (Wildman–Crippen LogP) is 5.09. The highest BCUT2D eigenvalue weighted by molar-refractivity contribution is 5.62. The summed E-state index contributed by atoms with van der Waals surface area (Å²) in [4.78, 5) is 9.16. The van der Waals surface area contributed by atoms with Gasteiger partial charge >= 0.3 is 0 Å². The van der Waals surface area contributed by atoms with Gasteiger partial charge in [-0.25, -0.2) is 4.98 Å². The second-order valence-corrected chi connectivity index (χ2v) is 6.79. The molecular formula is C20H27N3. The van der Waals surface area contributed by atoms with E-state index < -0.39 is 0 Å². The number of anilines is 1. The summed E-state index contributed by atoms with van der Waals surface area (Å²) < 4.78 is 0. The summed E-state index contributed by atoms with van der Waals surface area (Å²) in [6.07, 6.45) is 11.2. The molecule has 0 radical (unpaired) electrons. The molecule has 0 saturated heterocycles. The summed E-state index contributed by atoms with van der Waals surface area (Å²) in [7, 11) is 0. The average molecular weight is 309 g/mol. The van der Waals surface area contributed by atoms with Crippen molar-refractivity contribution < 1.29 is 0 Å². The summed E-state index contributed by atoms with van der Waals surface area (Å²) in [6, 6.07) is 9.01. The smallest absolute Gasteiger partial charge is 0.130 e. The second-order valence-electron chi connectivity index (χ2n) is 6.79. The van der Waals surface area contributed by atoms with E-state index in [0.29, 0.717) is 12.0 Å². The van der Waals surface area contributed by atoms with E-state index in [4.69, 9.17) is 4.98 Å². The normalized spacial score (nSPS) is 16.4. The fraction of sp³-hybridized carbons (Fsp3) is 0.500. The number of nitrogens with one attached hydrogen (secondary N) is 1. The Hall–Kier alpha value is -1.90. The Labute approximate surface area is 139 Å². The van der Waals surface area contributed by atoms with Crippen LogP contribution in [0.25, 0.3) is 11.3 Å². The van der Waals surface area contributed by atoms with Crippen molar-refractivity contribution in [2.24, 2.45) is 5.92 Å². The lowest BCUT2D eigenvalue weighted by Crippen LogP contribution is -2.17. The number of aromatic nitrogens is 2.